The van der Waals surface area contributed by atoms with Crippen molar-refractivity contribution in [1.82, 2.24) is 0 Å². The van der Waals surface area contributed by atoms with Gasteiger partial charge in [0.25, 0.3) is 0 Å². The monoisotopic (exact) mass is 228 g/mol. The first kappa shape index (κ1) is 11.7. The third-order valence-corrected chi connectivity index (χ3v) is 5.44. The molecule has 0 heterocycles. The molecule has 2 aliphatic rings. The van der Waals surface area contributed by atoms with Crippen molar-refractivity contribution < 1.29 is 0 Å². The van der Waals surface area contributed by atoms with Crippen molar-refractivity contribution in [2.24, 2.45) is 11.5 Å². The number of hydrogen-bond acceptors (Lipinski definition) is 3. The van der Waals surface area contributed by atoms with Crippen LogP contribution in [0.3, 0.4) is 0 Å². The van der Waals surface area contributed by atoms with Crippen LogP contribution in [0.5, 0.6) is 0 Å². The van der Waals surface area contributed by atoms with Gasteiger partial charge in [0, 0.05) is 0 Å². The molecule has 0 amide bonds. The van der Waals surface area contributed by atoms with Crippen LogP contribution in [0, 0.1) is 0 Å². The second-order valence-electron chi connectivity index (χ2n) is 5.35. The fourth-order valence-corrected chi connectivity index (χ4v) is 4.70. The Morgan fingerprint density at radius 2 is 0.933 bits per heavy atom. The predicted octanol–water partition coefficient (Wildman–Crippen LogP) is 2.96. The summed E-state index contributed by atoms with van der Waals surface area (Å²) in [5.74, 6) is 0. The summed E-state index contributed by atoms with van der Waals surface area (Å²) in [5, 5.41) is 0. The second-order valence-corrected chi connectivity index (χ2v) is 7.18. The molecule has 0 aromatic rings. The summed E-state index contributed by atoms with van der Waals surface area (Å²) in [6, 6.07) is 0. The third-order valence-electron chi connectivity index (χ3n) is 3.81. The minimum absolute atomic E-state index is 0.00958. The van der Waals surface area contributed by atoms with Crippen LogP contribution in [0.1, 0.15) is 64.2 Å². The molecule has 2 fully saturated rings. The van der Waals surface area contributed by atoms with Crippen LogP contribution in [0.15, 0.2) is 0 Å². The summed E-state index contributed by atoms with van der Waals surface area (Å²) < 4.78 is 0. The van der Waals surface area contributed by atoms with E-state index in [0.717, 1.165) is 25.7 Å². The highest BCUT2D eigenvalue weighted by atomic mass is 32.2. The van der Waals surface area contributed by atoms with Crippen molar-refractivity contribution in [3.05, 3.63) is 0 Å². The molecule has 4 N–H and O–H groups in total. The van der Waals surface area contributed by atoms with E-state index in [9.17, 15) is 0 Å². The Kier molecular flexibility index (Phi) is 3.63. The van der Waals surface area contributed by atoms with Gasteiger partial charge in [-0.25, -0.2) is 0 Å². The van der Waals surface area contributed by atoms with Gasteiger partial charge < -0.3 is 11.5 Å². The van der Waals surface area contributed by atoms with Gasteiger partial charge in [-0.3, -0.25) is 0 Å². The number of nitrogens with two attached hydrogens (primary N) is 2. The molecular formula is C12H24N2S. The zero-order chi connectivity index (χ0) is 10.8. The van der Waals surface area contributed by atoms with Gasteiger partial charge in [-0.2, -0.15) is 0 Å². The quantitative estimate of drug-likeness (QED) is 0.714. The Bertz CT molecular complexity index is 184. The van der Waals surface area contributed by atoms with E-state index >= 15 is 0 Å². The maximum absolute atomic E-state index is 6.46. The topological polar surface area (TPSA) is 52.0 Å². The Hall–Kier alpha value is 0.270. The SMILES string of the molecule is NC1(SC2(N)CCCCC2)CCCCC1. The minimum atomic E-state index is -0.00958. The molecular weight excluding hydrogens is 204 g/mol. The second kappa shape index (κ2) is 4.64. The molecule has 2 aliphatic carbocycles. The molecule has 0 spiro atoms. The molecule has 0 aliphatic heterocycles. The van der Waals surface area contributed by atoms with Crippen molar-refractivity contribution in [1.29, 1.82) is 0 Å². The van der Waals surface area contributed by atoms with Gasteiger partial charge in [0.2, 0.25) is 0 Å². The van der Waals surface area contributed by atoms with Gasteiger partial charge in [-0.1, -0.05) is 38.5 Å². The van der Waals surface area contributed by atoms with Crippen LogP contribution >= 0.6 is 11.8 Å². The maximum atomic E-state index is 6.46. The zero-order valence-corrected chi connectivity index (χ0v) is 10.5. The molecule has 2 rings (SSSR count). The van der Waals surface area contributed by atoms with Crippen molar-refractivity contribution in [3.63, 3.8) is 0 Å². The molecule has 0 saturated heterocycles. The van der Waals surface area contributed by atoms with E-state index in [1.807, 2.05) is 11.8 Å². The molecule has 2 nitrogen and oxygen atoms in total. The van der Waals surface area contributed by atoms with E-state index < -0.39 is 0 Å². The lowest BCUT2D eigenvalue weighted by Gasteiger charge is -2.42. The van der Waals surface area contributed by atoms with E-state index in [1.165, 1.54) is 38.5 Å². The summed E-state index contributed by atoms with van der Waals surface area (Å²) in [6.45, 7) is 0. The molecule has 0 radical (unpaired) electrons. The van der Waals surface area contributed by atoms with E-state index in [1.54, 1.807) is 0 Å². The first-order valence-corrected chi connectivity index (χ1v) is 7.22. The average Bonchev–Trinajstić information content (AvgIpc) is 2.18. The van der Waals surface area contributed by atoms with Crippen LogP contribution in [-0.4, -0.2) is 9.74 Å². The highest BCUT2D eigenvalue weighted by molar-refractivity contribution is 8.01. The minimum Gasteiger partial charge on any atom is -0.317 e. The lowest BCUT2D eigenvalue weighted by atomic mass is 9.95. The molecule has 0 aromatic heterocycles. The molecule has 2 saturated carbocycles. The third kappa shape index (κ3) is 3.11. The van der Waals surface area contributed by atoms with Crippen LogP contribution in [-0.2, 0) is 0 Å². The summed E-state index contributed by atoms with van der Waals surface area (Å²) in [5.41, 5.74) is 12.9. The van der Waals surface area contributed by atoms with Gasteiger partial charge in [0.05, 0.1) is 9.74 Å². The Morgan fingerprint density at radius 3 is 1.27 bits per heavy atom. The standard InChI is InChI=1S/C12H24N2S/c13-11(7-3-1-4-8-11)15-12(14)9-5-2-6-10-12/h1-10,13-14H2. The smallest absolute Gasteiger partial charge is 0.0638 e. The van der Waals surface area contributed by atoms with E-state index in [2.05, 4.69) is 0 Å². The summed E-state index contributed by atoms with van der Waals surface area (Å²) in [4.78, 5) is -0.0192. The first-order valence-electron chi connectivity index (χ1n) is 6.40. The van der Waals surface area contributed by atoms with E-state index in [0.29, 0.717) is 0 Å². The van der Waals surface area contributed by atoms with E-state index in [4.69, 9.17) is 11.5 Å². The zero-order valence-electron chi connectivity index (χ0n) is 9.63. The Labute approximate surface area is 97.5 Å². The van der Waals surface area contributed by atoms with Crippen LogP contribution < -0.4 is 11.5 Å². The summed E-state index contributed by atoms with van der Waals surface area (Å²) in [6.07, 6.45) is 12.5. The molecule has 0 unspecified atom stereocenters. The van der Waals surface area contributed by atoms with Crippen LogP contribution in [0.2, 0.25) is 0 Å². The molecule has 0 atom stereocenters. The predicted molar refractivity (Wildman–Crippen MR) is 67.6 cm³/mol. The Morgan fingerprint density at radius 1 is 0.600 bits per heavy atom. The summed E-state index contributed by atoms with van der Waals surface area (Å²) in [7, 11) is 0. The molecule has 88 valence electrons. The summed E-state index contributed by atoms with van der Waals surface area (Å²) >= 11 is 1.90. The lowest BCUT2D eigenvalue weighted by Crippen LogP contribution is -2.48. The first-order chi connectivity index (χ1) is 7.12. The van der Waals surface area contributed by atoms with Crippen molar-refractivity contribution in [2.75, 3.05) is 0 Å². The number of thioether (sulfide) groups is 1. The van der Waals surface area contributed by atoms with Gasteiger partial charge in [0.15, 0.2) is 0 Å². The largest absolute Gasteiger partial charge is 0.317 e. The van der Waals surface area contributed by atoms with Gasteiger partial charge in [0.1, 0.15) is 0 Å². The molecule has 0 aromatic carbocycles. The van der Waals surface area contributed by atoms with Gasteiger partial charge in [-0.05, 0) is 25.7 Å². The molecule has 3 heteroatoms. The lowest BCUT2D eigenvalue weighted by molar-refractivity contribution is 0.375. The highest BCUT2D eigenvalue weighted by Gasteiger charge is 2.38. The van der Waals surface area contributed by atoms with Gasteiger partial charge in [-0.15, -0.1) is 11.8 Å². The van der Waals surface area contributed by atoms with Crippen molar-refractivity contribution in [3.8, 4) is 0 Å². The Balaban J connectivity index is 1.93. The maximum Gasteiger partial charge on any atom is 0.0638 e. The fourth-order valence-electron chi connectivity index (χ4n) is 2.91. The number of rotatable bonds is 2. The van der Waals surface area contributed by atoms with Crippen LogP contribution in [0.25, 0.3) is 0 Å². The van der Waals surface area contributed by atoms with E-state index in [-0.39, 0.29) is 9.74 Å². The van der Waals surface area contributed by atoms with Crippen molar-refractivity contribution in [2.45, 2.75) is 74.0 Å². The number of hydrogen-bond donors (Lipinski definition) is 2. The highest BCUT2D eigenvalue weighted by Crippen LogP contribution is 2.45. The average molecular weight is 228 g/mol. The normalized spacial score (nSPS) is 30.0. The van der Waals surface area contributed by atoms with Crippen LogP contribution in [0.4, 0.5) is 0 Å². The van der Waals surface area contributed by atoms with Crippen molar-refractivity contribution >= 4 is 11.8 Å². The fraction of sp³-hybridized carbons (Fsp3) is 1.00. The molecule has 0 bridgehead atoms. The molecule has 15 heavy (non-hydrogen) atoms. The van der Waals surface area contributed by atoms with Gasteiger partial charge >= 0.3 is 0 Å².